The fourth-order valence-corrected chi connectivity index (χ4v) is 1.44. The standard InChI is InChI=1S/C10H14N6/c1-3-7-13-8(4-2)16(15-7)9-5-6-12-10(11)14-9/h5-6H,3-4H2,1-2H3,(H2,11,12,14). The molecule has 0 aliphatic heterocycles. The summed E-state index contributed by atoms with van der Waals surface area (Å²) in [5.41, 5.74) is 5.54. The van der Waals surface area contributed by atoms with Crippen molar-refractivity contribution in [1.29, 1.82) is 0 Å². The largest absolute Gasteiger partial charge is 0.368 e. The summed E-state index contributed by atoms with van der Waals surface area (Å²) in [5.74, 6) is 2.61. The second-order valence-electron chi connectivity index (χ2n) is 3.34. The fraction of sp³-hybridized carbons (Fsp3) is 0.400. The summed E-state index contributed by atoms with van der Waals surface area (Å²) in [6.07, 6.45) is 3.22. The molecule has 0 aromatic carbocycles. The zero-order chi connectivity index (χ0) is 11.5. The molecule has 2 aromatic heterocycles. The van der Waals surface area contributed by atoms with E-state index in [1.165, 1.54) is 0 Å². The predicted octanol–water partition coefficient (Wildman–Crippen LogP) is 0.764. The minimum atomic E-state index is 0.244. The van der Waals surface area contributed by atoms with Crippen molar-refractivity contribution in [2.75, 3.05) is 5.73 Å². The lowest BCUT2D eigenvalue weighted by Gasteiger charge is -2.02. The molecule has 0 bridgehead atoms. The quantitative estimate of drug-likeness (QED) is 0.822. The van der Waals surface area contributed by atoms with Crippen LogP contribution in [-0.2, 0) is 12.8 Å². The molecule has 0 saturated carbocycles. The van der Waals surface area contributed by atoms with Gasteiger partial charge in [0, 0.05) is 25.1 Å². The van der Waals surface area contributed by atoms with Gasteiger partial charge in [0.1, 0.15) is 5.82 Å². The van der Waals surface area contributed by atoms with Gasteiger partial charge in [-0.1, -0.05) is 13.8 Å². The van der Waals surface area contributed by atoms with Gasteiger partial charge in [0.15, 0.2) is 11.6 Å². The highest BCUT2D eigenvalue weighted by atomic mass is 15.4. The molecule has 0 saturated heterocycles. The summed E-state index contributed by atoms with van der Waals surface area (Å²) in [5, 5.41) is 4.37. The monoisotopic (exact) mass is 218 g/mol. The summed E-state index contributed by atoms with van der Waals surface area (Å²) in [4.78, 5) is 12.4. The van der Waals surface area contributed by atoms with Gasteiger partial charge in [-0.2, -0.15) is 9.67 Å². The van der Waals surface area contributed by atoms with E-state index in [1.807, 2.05) is 13.8 Å². The first kappa shape index (κ1) is 10.5. The number of aryl methyl sites for hydroxylation is 2. The smallest absolute Gasteiger partial charge is 0.222 e. The molecule has 2 heterocycles. The molecule has 0 aliphatic carbocycles. The molecule has 16 heavy (non-hydrogen) atoms. The van der Waals surface area contributed by atoms with E-state index in [0.29, 0.717) is 5.82 Å². The first-order valence-corrected chi connectivity index (χ1v) is 5.28. The van der Waals surface area contributed by atoms with Gasteiger partial charge in [-0.05, 0) is 0 Å². The van der Waals surface area contributed by atoms with Crippen molar-refractivity contribution in [3.8, 4) is 5.82 Å². The lowest BCUT2D eigenvalue weighted by molar-refractivity contribution is 0.767. The zero-order valence-corrected chi connectivity index (χ0v) is 9.38. The number of nitrogens with two attached hydrogens (primary N) is 1. The molecule has 0 fully saturated rings. The Hall–Kier alpha value is -1.98. The molecular weight excluding hydrogens is 204 g/mol. The Morgan fingerprint density at radius 1 is 1.25 bits per heavy atom. The molecule has 0 amide bonds. The van der Waals surface area contributed by atoms with Crippen molar-refractivity contribution < 1.29 is 0 Å². The number of anilines is 1. The van der Waals surface area contributed by atoms with Crippen molar-refractivity contribution in [1.82, 2.24) is 24.7 Å². The average molecular weight is 218 g/mol. The summed E-state index contributed by atoms with van der Waals surface area (Å²) < 4.78 is 1.72. The Morgan fingerprint density at radius 2 is 2.06 bits per heavy atom. The van der Waals surface area contributed by atoms with Crippen LogP contribution in [0.25, 0.3) is 5.82 Å². The summed E-state index contributed by atoms with van der Waals surface area (Å²) in [7, 11) is 0. The Kier molecular flexibility index (Phi) is 2.80. The lowest BCUT2D eigenvalue weighted by atomic mass is 10.4. The van der Waals surface area contributed by atoms with Crippen LogP contribution in [-0.4, -0.2) is 24.7 Å². The van der Waals surface area contributed by atoms with E-state index in [4.69, 9.17) is 5.73 Å². The normalized spacial score (nSPS) is 10.6. The van der Waals surface area contributed by atoms with Gasteiger partial charge in [-0.3, -0.25) is 0 Å². The topological polar surface area (TPSA) is 82.5 Å². The third kappa shape index (κ3) is 1.86. The SMILES string of the molecule is CCc1nc(CC)n(-c2ccnc(N)n2)n1. The van der Waals surface area contributed by atoms with Crippen LogP contribution < -0.4 is 5.73 Å². The number of nitrogens with zero attached hydrogens (tertiary/aromatic N) is 5. The number of nitrogen functional groups attached to an aromatic ring is 1. The van der Waals surface area contributed by atoms with Crippen molar-refractivity contribution in [3.05, 3.63) is 23.9 Å². The Labute approximate surface area is 93.6 Å². The minimum Gasteiger partial charge on any atom is -0.368 e. The summed E-state index contributed by atoms with van der Waals surface area (Å²) in [6.45, 7) is 4.05. The third-order valence-electron chi connectivity index (χ3n) is 2.23. The predicted molar refractivity (Wildman–Crippen MR) is 60.1 cm³/mol. The van der Waals surface area contributed by atoms with Gasteiger partial charge in [-0.25, -0.2) is 9.97 Å². The number of aromatic nitrogens is 5. The zero-order valence-electron chi connectivity index (χ0n) is 9.38. The molecule has 0 aliphatic rings. The van der Waals surface area contributed by atoms with E-state index in [0.717, 1.165) is 24.5 Å². The van der Waals surface area contributed by atoms with Crippen molar-refractivity contribution in [2.24, 2.45) is 0 Å². The van der Waals surface area contributed by atoms with Crippen LogP contribution in [0.4, 0.5) is 5.95 Å². The number of hydrogen-bond donors (Lipinski definition) is 1. The molecule has 6 heteroatoms. The van der Waals surface area contributed by atoms with Crippen LogP contribution in [0.15, 0.2) is 12.3 Å². The van der Waals surface area contributed by atoms with E-state index in [9.17, 15) is 0 Å². The summed E-state index contributed by atoms with van der Waals surface area (Å²) >= 11 is 0. The van der Waals surface area contributed by atoms with E-state index in [1.54, 1.807) is 16.9 Å². The van der Waals surface area contributed by atoms with Gasteiger partial charge < -0.3 is 5.73 Å². The van der Waals surface area contributed by atoms with Crippen LogP contribution in [0.2, 0.25) is 0 Å². The fourth-order valence-electron chi connectivity index (χ4n) is 1.44. The third-order valence-corrected chi connectivity index (χ3v) is 2.23. The second-order valence-corrected chi connectivity index (χ2v) is 3.34. The Bertz CT molecular complexity index is 490. The van der Waals surface area contributed by atoms with Crippen molar-refractivity contribution >= 4 is 5.95 Å². The van der Waals surface area contributed by atoms with E-state index in [-0.39, 0.29) is 5.95 Å². The van der Waals surface area contributed by atoms with Gasteiger partial charge in [0.05, 0.1) is 0 Å². The lowest BCUT2D eigenvalue weighted by Crippen LogP contribution is -2.06. The molecular formula is C10H14N6. The molecule has 0 spiro atoms. The van der Waals surface area contributed by atoms with Crippen molar-refractivity contribution in [3.63, 3.8) is 0 Å². The Balaban J connectivity index is 2.50. The van der Waals surface area contributed by atoms with Crippen LogP contribution in [0.1, 0.15) is 25.5 Å². The van der Waals surface area contributed by atoms with E-state index in [2.05, 4.69) is 20.1 Å². The maximum Gasteiger partial charge on any atom is 0.222 e. The molecule has 0 unspecified atom stereocenters. The van der Waals surface area contributed by atoms with Gasteiger partial charge in [0.25, 0.3) is 0 Å². The highest BCUT2D eigenvalue weighted by Gasteiger charge is 2.10. The molecule has 84 valence electrons. The van der Waals surface area contributed by atoms with Crippen LogP contribution >= 0.6 is 0 Å². The molecule has 2 rings (SSSR count). The number of hydrogen-bond acceptors (Lipinski definition) is 5. The van der Waals surface area contributed by atoms with E-state index >= 15 is 0 Å². The Morgan fingerprint density at radius 3 is 2.69 bits per heavy atom. The highest BCUT2D eigenvalue weighted by molar-refractivity contribution is 5.28. The molecule has 2 N–H and O–H groups in total. The van der Waals surface area contributed by atoms with Gasteiger partial charge in [-0.15, -0.1) is 5.10 Å². The van der Waals surface area contributed by atoms with Crippen LogP contribution in [0.5, 0.6) is 0 Å². The maximum atomic E-state index is 5.54. The van der Waals surface area contributed by atoms with E-state index < -0.39 is 0 Å². The summed E-state index contributed by atoms with van der Waals surface area (Å²) in [6, 6.07) is 1.77. The maximum absolute atomic E-state index is 5.54. The molecule has 0 atom stereocenters. The average Bonchev–Trinajstić information content (AvgIpc) is 2.72. The molecule has 6 nitrogen and oxygen atoms in total. The first-order chi connectivity index (χ1) is 7.74. The van der Waals surface area contributed by atoms with Crippen LogP contribution in [0.3, 0.4) is 0 Å². The minimum absolute atomic E-state index is 0.244. The molecule has 2 aromatic rings. The van der Waals surface area contributed by atoms with Gasteiger partial charge in [0.2, 0.25) is 5.95 Å². The highest BCUT2D eigenvalue weighted by Crippen LogP contribution is 2.08. The van der Waals surface area contributed by atoms with Crippen LogP contribution in [0, 0.1) is 0 Å². The first-order valence-electron chi connectivity index (χ1n) is 5.28. The van der Waals surface area contributed by atoms with Gasteiger partial charge >= 0.3 is 0 Å². The second kappa shape index (κ2) is 4.26. The van der Waals surface area contributed by atoms with Crippen molar-refractivity contribution in [2.45, 2.75) is 26.7 Å². The number of rotatable bonds is 3. The molecule has 0 radical (unpaired) electrons.